The third kappa shape index (κ3) is 3.43. The predicted molar refractivity (Wildman–Crippen MR) is 93.5 cm³/mol. The fourth-order valence-electron chi connectivity index (χ4n) is 3.53. The van der Waals surface area contributed by atoms with Crippen molar-refractivity contribution in [3.05, 3.63) is 48.3 Å². The molecule has 1 amide bonds. The summed E-state index contributed by atoms with van der Waals surface area (Å²) in [7, 11) is 1.61. The van der Waals surface area contributed by atoms with Crippen LogP contribution < -0.4 is 0 Å². The van der Waals surface area contributed by atoms with E-state index in [1.165, 1.54) is 4.90 Å². The number of rotatable bonds is 5. The van der Waals surface area contributed by atoms with Crippen LogP contribution in [0.15, 0.2) is 42.7 Å². The molecule has 0 radical (unpaired) electrons. The van der Waals surface area contributed by atoms with Crippen LogP contribution in [-0.4, -0.2) is 44.3 Å². The highest BCUT2D eigenvalue weighted by molar-refractivity contribution is 5.88. The first kappa shape index (κ1) is 17.2. The lowest BCUT2D eigenvalue weighted by atomic mass is 9.80. The van der Waals surface area contributed by atoms with Crippen LogP contribution in [-0.2, 0) is 16.0 Å². The molecule has 0 spiro atoms. The van der Waals surface area contributed by atoms with E-state index < -0.39 is 11.5 Å². The van der Waals surface area contributed by atoms with Gasteiger partial charge in [0, 0.05) is 13.2 Å². The van der Waals surface area contributed by atoms with Crippen LogP contribution in [0, 0.1) is 0 Å². The van der Waals surface area contributed by atoms with Crippen LogP contribution in [0.2, 0.25) is 0 Å². The number of hydrogen-bond donors (Lipinski definition) is 1. The average molecular weight is 341 g/mol. The lowest BCUT2D eigenvalue weighted by Gasteiger charge is -2.41. The Hall–Kier alpha value is -2.63. The van der Waals surface area contributed by atoms with Crippen LogP contribution in [0.5, 0.6) is 0 Å². The maximum Gasteiger partial charge on any atom is 0.329 e. The van der Waals surface area contributed by atoms with Crippen LogP contribution in [0.4, 0.5) is 0 Å². The molecule has 0 aliphatic heterocycles. The highest BCUT2D eigenvalue weighted by Crippen LogP contribution is 2.33. The van der Waals surface area contributed by atoms with Gasteiger partial charge in [0.25, 0.3) is 0 Å². The van der Waals surface area contributed by atoms with Gasteiger partial charge in [-0.2, -0.15) is 5.10 Å². The number of para-hydroxylation sites is 1. The number of benzene rings is 1. The first-order valence-electron chi connectivity index (χ1n) is 8.62. The van der Waals surface area contributed by atoms with Crippen molar-refractivity contribution in [1.29, 1.82) is 0 Å². The molecule has 2 aromatic rings. The van der Waals surface area contributed by atoms with Gasteiger partial charge in [0.05, 0.1) is 18.3 Å². The second-order valence-electron chi connectivity index (χ2n) is 6.66. The molecule has 1 fully saturated rings. The molecule has 1 aromatic carbocycles. The van der Waals surface area contributed by atoms with E-state index in [-0.39, 0.29) is 12.3 Å². The van der Waals surface area contributed by atoms with Crippen molar-refractivity contribution in [1.82, 2.24) is 14.7 Å². The molecule has 1 N–H and O–H groups in total. The summed E-state index contributed by atoms with van der Waals surface area (Å²) < 4.78 is 1.72. The second kappa shape index (κ2) is 7.09. The molecule has 132 valence electrons. The maximum atomic E-state index is 12.7. The molecule has 0 bridgehead atoms. The Bertz CT molecular complexity index is 748. The summed E-state index contributed by atoms with van der Waals surface area (Å²) in [5.74, 6) is -1.08. The molecule has 0 atom stereocenters. The van der Waals surface area contributed by atoms with Gasteiger partial charge in [-0.1, -0.05) is 37.5 Å². The van der Waals surface area contributed by atoms with Crippen LogP contribution in [0.1, 0.15) is 37.7 Å². The van der Waals surface area contributed by atoms with Gasteiger partial charge in [-0.05, 0) is 30.5 Å². The largest absolute Gasteiger partial charge is 0.479 e. The number of carbonyl (C=O) groups is 2. The number of amides is 1. The van der Waals surface area contributed by atoms with Gasteiger partial charge >= 0.3 is 5.97 Å². The zero-order valence-electron chi connectivity index (χ0n) is 14.4. The Labute approximate surface area is 147 Å². The third-order valence-corrected chi connectivity index (χ3v) is 5.11. The standard InChI is InChI=1S/C19H23N3O3/c1-21(19(18(24)25)10-6-3-7-11-19)17(23)12-15-13-20-22(14-15)16-8-4-2-5-9-16/h2,4-5,8-9,13-14H,3,6-7,10-12H2,1H3,(H,24,25). The lowest BCUT2D eigenvalue weighted by molar-refractivity contribution is -0.160. The zero-order chi connectivity index (χ0) is 17.9. The van der Waals surface area contributed by atoms with Crippen molar-refractivity contribution < 1.29 is 14.7 Å². The Morgan fingerprint density at radius 2 is 1.88 bits per heavy atom. The smallest absolute Gasteiger partial charge is 0.329 e. The molecule has 0 unspecified atom stereocenters. The van der Waals surface area contributed by atoms with E-state index in [0.717, 1.165) is 30.5 Å². The molecule has 1 aromatic heterocycles. The number of carbonyl (C=O) groups excluding carboxylic acids is 1. The van der Waals surface area contributed by atoms with Crippen molar-refractivity contribution >= 4 is 11.9 Å². The molecule has 1 aliphatic rings. The van der Waals surface area contributed by atoms with Gasteiger partial charge in [0.2, 0.25) is 5.91 Å². The molecule has 0 saturated heterocycles. The number of carboxylic acids is 1. The molecule has 6 nitrogen and oxygen atoms in total. The lowest BCUT2D eigenvalue weighted by Crippen LogP contribution is -2.56. The summed E-state index contributed by atoms with van der Waals surface area (Å²) in [6.45, 7) is 0. The average Bonchev–Trinajstić information content (AvgIpc) is 3.10. The summed E-state index contributed by atoms with van der Waals surface area (Å²) >= 11 is 0. The van der Waals surface area contributed by atoms with E-state index in [1.54, 1.807) is 17.9 Å². The number of aromatic nitrogens is 2. The number of hydrogen-bond acceptors (Lipinski definition) is 3. The molecule has 1 saturated carbocycles. The Kier molecular flexibility index (Phi) is 4.88. The second-order valence-corrected chi connectivity index (χ2v) is 6.66. The van der Waals surface area contributed by atoms with Gasteiger partial charge in [-0.15, -0.1) is 0 Å². The highest BCUT2D eigenvalue weighted by atomic mass is 16.4. The van der Waals surface area contributed by atoms with Crippen LogP contribution in [0.3, 0.4) is 0 Å². The number of nitrogens with zero attached hydrogens (tertiary/aromatic N) is 3. The topological polar surface area (TPSA) is 75.4 Å². The summed E-state index contributed by atoms with van der Waals surface area (Å²) in [5.41, 5.74) is 0.631. The normalized spacial score (nSPS) is 16.4. The highest BCUT2D eigenvalue weighted by Gasteiger charge is 2.45. The number of aliphatic carboxylic acids is 1. The summed E-state index contributed by atoms with van der Waals surface area (Å²) in [4.78, 5) is 26.0. The Balaban J connectivity index is 1.73. The molecule has 3 rings (SSSR count). The molecule has 1 aliphatic carbocycles. The van der Waals surface area contributed by atoms with Gasteiger partial charge in [-0.25, -0.2) is 9.48 Å². The zero-order valence-corrected chi connectivity index (χ0v) is 14.4. The monoisotopic (exact) mass is 341 g/mol. The van der Waals surface area contributed by atoms with E-state index in [0.29, 0.717) is 12.8 Å². The third-order valence-electron chi connectivity index (χ3n) is 5.11. The fourth-order valence-corrected chi connectivity index (χ4v) is 3.53. The van der Waals surface area contributed by atoms with E-state index in [1.807, 2.05) is 36.5 Å². The van der Waals surface area contributed by atoms with Crippen molar-refractivity contribution in [3.63, 3.8) is 0 Å². The quantitative estimate of drug-likeness (QED) is 0.907. The molecular weight excluding hydrogens is 318 g/mol. The van der Waals surface area contributed by atoms with Crippen LogP contribution >= 0.6 is 0 Å². The van der Waals surface area contributed by atoms with Gasteiger partial charge in [-0.3, -0.25) is 4.79 Å². The fraction of sp³-hybridized carbons (Fsp3) is 0.421. The van der Waals surface area contributed by atoms with Crippen molar-refractivity contribution in [3.8, 4) is 5.69 Å². The van der Waals surface area contributed by atoms with E-state index in [9.17, 15) is 14.7 Å². The SMILES string of the molecule is CN(C(=O)Cc1cnn(-c2ccccc2)c1)C1(C(=O)O)CCCCC1. The number of likely N-dealkylation sites (N-methyl/N-ethyl adjacent to an activating group) is 1. The summed E-state index contributed by atoms with van der Waals surface area (Å²) in [6.07, 6.45) is 7.38. The molecular formula is C19H23N3O3. The van der Waals surface area contributed by atoms with Crippen molar-refractivity contribution in [2.75, 3.05) is 7.05 Å². The predicted octanol–water partition coefficient (Wildman–Crippen LogP) is 2.66. The molecule has 6 heteroatoms. The minimum atomic E-state index is -1.06. The summed E-state index contributed by atoms with van der Waals surface area (Å²) in [6, 6.07) is 9.66. The van der Waals surface area contributed by atoms with Gasteiger partial charge in [0.15, 0.2) is 0 Å². The van der Waals surface area contributed by atoms with E-state index in [4.69, 9.17) is 0 Å². The van der Waals surface area contributed by atoms with E-state index >= 15 is 0 Å². The Morgan fingerprint density at radius 3 is 2.52 bits per heavy atom. The minimum absolute atomic E-state index is 0.151. The van der Waals surface area contributed by atoms with Crippen molar-refractivity contribution in [2.24, 2.45) is 0 Å². The first-order valence-corrected chi connectivity index (χ1v) is 8.62. The molecule has 1 heterocycles. The first-order chi connectivity index (χ1) is 12.0. The van der Waals surface area contributed by atoms with Gasteiger partial charge < -0.3 is 10.0 Å². The maximum absolute atomic E-state index is 12.7. The van der Waals surface area contributed by atoms with Gasteiger partial charge in [0.1, 0.15) is 5.54 Å². The van der Waals surface area contributed by atoms with Crippen molar-refractivity contribution in [2.45, 2.75) is 44.1 Å². The Morgan fingerprint density at radius 1 is 1.20 bits per heavy atom. The summed E-state index contributed by atoms with van der Waals surface area (Å²) in [5, 5.41) is 14.0. The minimum Gasteiger partial charge on any atom is -0.479 e. The van der Waals surface area contributed by atoms with Crippen LogP contribution in [0.25, 0.3) is 5.69 Å². The van der Waals surface area contributed by atoms with E-state index in [2.05, 4.69) is 5.10 Å². The molecule has 25 heavy (non-hydrogen) atoms. The number of carboxylic acid groups (broad SMARTS) is 1.